The van der Waals surface area contributed by atoms with Gasteiger partial charge in [-0.2, -0.15) is 0 Å². The average molecular weight is 967 g/mol. The Labute approximate surface area is 406 Å². The van der Waals surface area contributed by atoms with Crippen molar-refractivity contribution in [1.29, 1.82) is 0 Å². The van der Waals surface area contributed by atoms with E-state index in [1.807, 2.05) is 0 Å². The minimum atomic E-state index is -5.03. The van der Waals surface area contributed by atoms with E-state index in [0.29, 0.717) is 13.0 Å². The zero-order valence-corrected chi connectivity index (χ0v) is 42.6. The summed E-state index contributed by atoms with van der Waals surface area (Å²) in [5.41, 5.74) is 0. The van der Waals surface area contributed by atoms with Crippen LogP contribution in [-0.4, -0.2) is 98.9 Å². The van der Waals surface area contributed by atoms with E-state index >= 15 is 0 Å². The van der Waals surface area contributed by atoms with Gasteiger partial charge in [-0.25, -0.2) is 4.57 Å². The largest absolute Gasteiger partial charge is 0.472 e. The third-order valence-electron chi connectivity index (χ3n) is 11.8. The Balaban J connectivity index is 2.36. The summed E-state index contributed by atoms with van der Waals surface area (Å²) in [7, 11) is -5.03. The third kappa shape index (κ3) is 35.5. The van der Waals surface area contributed by atoms with Crippen LogP contribution in [-0.2, 0) is 27.9 Å². The number of hydrogen-bond acceptors (Lipinski definition) is 11. The first-order valence-electron chi connectivity index (χ1n) is 26.3. The van der Waals surface area contributed by atoms with Gasteiger partial charge >= 0.3 is 13.8 Å². The Morgan fingerprint density at radius 2 is 0.881 bits per heavy atom. The van der Waals surface area contributed by atoms with Gasteiger partial charge in [-0.15, -0.1) is 0 Å². The molecule has 6 unspecified atom stereocenters. The van der Waals surface area contributed by atoms with Gasteiger partial charge in [0.05, 0.1) is 13.2 Å². The smallest absolute Gasteiger partial charge is 0.457 e. The molecule has 0 bridgehead atoms. The molecular weight excluding hydrogens is 872 g/mol. The van der Waals surface area contributed by atoms with E-state index in [2.05, 4.69) is 86.8 Å². The first-order valence-corrected chi connectivity index (χ1v) is 27.8. The van der Waals surface area contributed by atoms with Crippen LogP contribution in [0.15, 0.2) is 72.9 Å². The number of aliphatic hydroxyl groups is 5. The molecular formula is C54H95O12P. The fourth-order valence-electron chi connectivity index (χ4n) is 7.71. The van der Waals surface area contributed by atoms with E-state index in [4.69, 9.17) is 18.5 Å². The molecule has 0 radical (unpaired) electrons. The van der Waals surface area contributed by atoms with Crippen LogP contribution in [0.2, 0.25) is 0 Å². The Hall–Kier alpha value is -2.22. The van der Waals surface area contributed by atoms with Crippen molar-refractivity contribution in [3.8, 4) is 0 Å². The maximum absolute atomic E-state index is 12.9. The Morgan fingerprint density at radius 1 is 0.493 bits per heavy atom. The number of phosphoric acid groups is 1. The molecule has 0 saturated heterocycles. The van der Waals surface area contributed by atoms with E-state index in [1.165, 1.54) is 89.9 Å². The molecule has 0 amide bonds. The Morgan fingerprint density at radius 3 is 1.34 bits per heavy atom. The average Bonchev–Trinajstić information content (AvgIpc) is 3.31. The molecule has 0 heterocycles. The first-order chi connectivity index (χ1) is 32.5. The standard InChI is InChI=1S/C54H95O12P/c1-3-5-7-9-11-13-15-17-19-21-22-23-24-25-26-27-29-31-33-35-37-39-41-43-48(55)65-47(46-64-67(61,62)66-54-52(59)50(57)49(56)51(58)53(54)60)45-63-44-42-40-38-36-34-32-30-28-20-18-16-14-12-10-8-6-4-2/h5,7,11,13,17,19,22-23,25-26,29,31,47,49-54,56-60H,3-4,6,8-10,12,14-16,18,20-21,24,27-28,30,32-46H2,1-2H3,(H,61,62)/b7-5-,13-11-,19-17-,23-22-,26-25-,31-29-. The zero-order chi connectivity index (χ0) is 49.1. The Kier molecular flexibility index (Phi) is 41.0. The fourth-order valence-corrected chi connectivity index (χ4v) is 8.69. The lowest BCUT2D eigenvalue weighted by molar-refractivity contribution is -0.220. The normalized spacial score (nSPS) is 21.9. The molecule has 1 rings (SSSR count). The van der Waals surface area contributed by atoms with E-state index in [0.717, 1.165) is 83.5 Å². The van der Waals surface area contributed by atoms with Gasteiger partial charge in [0.2, 0.25) is 0 Å². The van der Waals surface area contributed by atoms with Crippen molar-refractivity contribution < 1.29 is 58.3 Å². The van der Waals surface area contributed by atoms with Crippen LogP contribution in [0.25, 0.3) is 0 Å². The number of esters is 1. The van der Waals surface area contributed by atoms with Crippen LogP contribution >= 0.6 is 7.82 Å². The van der Waals surface area contributed by atoms with Crippen LogP contribution in [0, 0.1) is 0 Å². The number of carbonyl (C=O) groups is 1. The van der Waals surface area contributed by atoms with E-state index < -0.39 is 63.1 Å². The van der Waals surface area contributed by atoms with Gasteiger partial charge in [-0.1, -0.05) is 202 Å². The quantitative estimate of drug-likeness (QED) is 0.0147. The predicted molar refractivity (Wildman–Crippen MR) is 271 cm³/mol. The number of hydrogen-bond donors (Lipinski definition) is 6. The summed E-state index contributed by atoms with van der Waals surface area (Å²) in [6, 6.07) is 0. The summed E-state index contributed by atoms with van der Waals surface area (Å²) in [6.07, 6.45) is 45.3. The molecule has 0 aromatic heterocycles. The molecule has 1 fully saturated rings. The maximum atomic E-state index is 12.9. The molecule has 6 atom stereocenters. The molecule has 0 aliphatic heterocycles. The van der Waals surface area contributed by atoms with Gasteiger partial charge in [0.25, 0.3) is 0 Å². The molecule has 1 aliphatic rings. The van der Waals surface area contributed by atoms with Crippen LogP contribution < -0.4 is 0 Å². The summed E-state index contributed by atoms with van der Waals surface area (Å²) in [4.78, 5) is 23.3. The zero-order valence-electron chi connectivity index (χ0n) is 41.7. The molecule has 6 N–H and O–H groups in total. The van der Waals surface area contributed by atoms with E-state index in [-0.39, 0.29) is 13.0 Å². The van der Waals surface area contributed by atoms with Gasteiger partial charge < -0.3 is 39.9 Å². The Bertz CT molecular complexity index is 1380. The summed E-state index contributed by atoms with van der Waals surface area (Å²) >= 11 is 0. The van der Waals surface area contributed by atoms with Crippen LogP contribution in [0.4, 0.5) is 0 Å². The van der Waals surface area contributed by atoms with Gasteiger partial charge in [0.1, 0.15) is 42.7 Å². The summed E-state index contributed by atoms with van der Waals surface area (Å²) in [5.74, 6) is -0.501. The van der Waals surface area contributed by atoms with Crippen molar-refractivity contribution in [1.82, 2.24) is 0 Å². The SMILES string of the molecule is CC/C=C\C/C=C\C/C=C\C/C=C\C/C=C\C/C=C\CCCCCCC(=O)OC(COCCCCCCCCCCCCCCCCCCC)COP(=O)(O)OC1C(O)C(O)C(O)C(O)C1O. The second-order valence-electron chi connectivity index (χ2n) is 18.0. The lowest BCUT2D eigenvalue weighted by Gasteiger charge is -2.41. The van der Waals surface area contributed by atoms with E-state index in [9.17, 15) is 39.8 Å². The van der Waals surface area contributed by atoms with Crippen LogP contribution in [0.1, 0.15) is 200 Å². The molecule has 0 aromatic carbocycles. The monoisotopic (exact) mass is 967 g/mol. The van der Waals surface area contributed by atoms with Crippen LogP contribution in [0.3, 0.4) is 0 Å². The van der Waals surface area contributed by atoms with Crippen molar-refractivity contribution in [3.63, 3.8) is 0 Å². The number of allylic oxidation sites excluding steroid dienone is 12. The van der Waals surface area contributed by atoms with Crippen molar-refractivity contribution in [2.24, 2.45) is 0 Å². The molecule has 67 heavy (non-hydrogen) atoms. The summed E-state index contributed by atoms with van der Waals surface area (Å²) in [6.45, 7) is 4.14. The van der Waals surface area contributed by atoms with Gasteiger partial charge in [0, 0.05) is 13.0 Å². The number of carbonyl (C=O) groups excluding carboxylic acids is 1. The van der Waals surface area contributed by atoms with E-state index in [1.54, 1.807) is 0 Å². The minimum absolute atomic E-state index is 0.0884. The van der Waals surface area contributed by atoms with Crippen molar-refractivity contribution in [2.45, 2.75) is 243 Å². The van der Waals surface area contributed by atoms with Gasteiger partial charge in [0.15, 0.2) is 0 Å². The molecule has 1 saturated carbocycles. The fraction of sp³-hybridized carbons (Fsp3) is 0.759. The number of unbranched alkanes of at least 4 members (excludes halogenated alkanes) is 20. The highest BCUT2D eigenvalue weighted by molar-refractivity contribution is 7.47. The molecule has 13 heteroatoms. The highest BCUT2D eigenvalue weighted by atomic mass is 31.2. The molecule has 0 aromatic rings. The molecule has 1 aliphatic carbocycles. The second-order valence-corrected chi connectivity index (χ2v) is 19.4. The summed E-state index contributed by atoms with van der Waals surface area (Å²) in [5, 5.41) is 50.3. The number of aliphatic hydroxyl groups excluding tert-OH is 5. The molecule has 0 spiro atoms. The number of rotatable bonds is 44. The lowest BCUT2D eigenvalue weighted by atomic mass is 9.85. The predicted octanol–water partition coefficient (Wildman–Crippen LogP) is 11.9. The topological polar surface area (TPSA) is 192 Å². The van der Waals surface area contributed by atoms with Gasteiger partial charge in [-0.05, 0) is 64.2 Å². The molecule has 12 nitrogen and oxygen atoms in total. The summed E-state index contributed by atoms with van der Waals surface area (Å²) < 4.78 is 34.3. The lowest BCUT2D eigenvalue weighted by Crippen LogP contribution is -2.64. The number of phosphoric ester groups is 1. The second kappa shape index (κ2) is 43.8. The first kappa shape index (κ1) is 62.8. The highest BCUT2D eigenvalue weighted by Gasteiger charge is 2.51. The maximum Gasteiger partial charge on any atom is 0.472 e. The number of ether oxygens (including phenoxy) is 2. The van der Waals surface area contributed by atoms with Crippen molar-refractivity contribution >= 4 is 13.8 Å². The minimum Gasteiger partial charge on any atom is -0.457 e. The highest BCUT2D eigenvalue weighted by Crippen LogP contribution is 2.47. The third-order valence-corrected chi connectivity index (χ3v) is 12.8. The van der Waals surface area contributed by atoms with Crippen molar-refractivity contribution in [3.05, 3.63) is 72.9 Å². The van der Waals surface area contributed by atoms with Crippen LogP contribution in [0.5, 0.6) is 0 Å². The van der Waals surface area contributed by atoms with Crippen molar-refractivity contribution in [2.75, 3.05) is 19.8 Å². The molecule has 388 valence electrons. The van der Waals surface area contributed by atoms with Gasteiger partial charge in [-0.3, -0.25) is 13.8 Å².